The smallest absolute Gasteiger partial charge is 0.335 e. The Morgan fingerprint density at radius 1 is 0.778 bits per heavy atom. The number of aliphatic carboxylic acids is 1. The van der Waals surface area contributed by atoms with Gasteiger partial charge in [-0.05, 0) is 65.2 Å². The van der Waals surface area contributed by atoms with Crippen LogP contribution in [0.15, 0.2) is 60.8 Å². The molecule has 3 nitrogen and oxygen atoms in total. The molecule has 0 unspecified atom stereocenters. The van der Waals surface area contributed by atoms with Gasteiger partial charge in [-0.3, -0.25) is 0 Å². The Hall–Kier alpha value is -1.87. The lowest BCUT2D eigenvalue weighted by atomic mass is 10.1. The normalized spacial score (nSPS) is 13.3. The Kier molecular flexibility index (Phi) is 16.3. The van der Waals surface area contributed by atoms with Gasteiger partial charge in [0.25, 0.3) is 0 Å². The van der Waals surface area contributed by atoms with E-state index in [1.807, 2.05) is 0 Å². The summed E-state index contributed by atoms with van der Waals surface area (Å²) in [6.45, 7) is 5.80. The first-order valence-corrected chi connectivity index (χ1v) is 10.1. The molecule has 0 radical (unpaired) electrons. The molecule has 27 heavy (non-hydrogen) atoms. The van der Waals surface area contributed by atoms with Gasteiger partial charge in [0.15, 0.2) is 5.60 Å². The fourth-order valence-corrected chi connectivity index (χ4v) is 2.12. The summed E-state index contributed by atoms with van der Waals surface area (Å²) in [5.41, 5.74) is -1.09. The topological polar surface area (TPSA) is 46.5 Å². The number of hydrogen-bond acceptors (Lipinski definition) is 2. The van der Waals surface area contributed by atoms with Crippen molar-refractivity contribution in [2.75, 3.05) is 6.61 Å². The van der Waals surface area contributed by atoms with Crippen molar-refractivity contribution in [2.24, 2.45) is 0 Å². The molecule has 3 heteroatoms. The van der Waals surface area contributed by atoms with Crippen LogP contribution < -0.4 is 0 Å². The zero-order chi connectivity index (χ0) is 20.2. The van der Waals surface area contributed by atoms with Gasteiger partial charge in [0.1, 0.15) is 0 Å². The highest BCUT2D eigenvalue weighted by atomic mass is 16.5. The fourth-order valence-electron chi connectivity index (χ4n) is 2.12. The van der Waals surface area contributed by atoms with E-state index >= 15 is 0 Å². The number of unbranched alkanes of at least 4 members (excludes halogenated alkanes) is 2. The SMILES string of the molecule is CC/C=C\C/C=C\CC=CC/C=C\C/C=C\CCCCOC(C)(C)C(=O)O. The van der Waals surface area contributed by atoms with Gasteiger partial charge in [0.05, 0.1) is 0 Å². The molecule has 0 aromatic heterocycles. The zero-order valence-electron chi connectivity index (χ0n) is 17.4. The van der Waals surface area contributed by atoms with Crippen LogP contribution in [0.5, 0.6) is 0 Å². The number of carboxylic acid groups (broad SMARTS) is 1. The van der Waals surface area contributed by atoms with Crippen LogP contribution in [0.1, 0.15) is 72.1 Å². The van der Waals surface area contributed by atoms with E-state index in [4.69, 9.17) is 9.84 Å². The van der Waals surface area contributed by atoms with Crippen LogP contribution in [0.3, 0.4) is 0 Å². The number of hydrogen-bond donors (Lipinski definition) is 1. The molecule has 0 aliphatic rings. The van der Waals surface area contributed by atoms with Crippen LogP contribution >= 0.6 is 0 Å². The van der Waals surface area contributed by atoms with E-state index in [9.17, 15) is 4.79 Å². The minimum Gasteiger partial charge on any atom is -0.479 e. The second-order valence-corrected chi connectivity index (χ2v) is 6.87. The predicted octanol–water partition coefficient (Wildman–Crippen LogP) is 6.79. The molecular weight excluding hydrogens is 336 g/mol. The average Bonchev–Trinajstić information content (AvgIpc) is 2.63. The number of rotatable bonds is 16. The molecule has 0 aromatic rings. The molecule has 0 spiro atoms. The van der Waals surface area contributed by atoms with Crippen LogP contribution in [0.4, 0.5) is 0 Å². The van der Waals surface area contributed by atoms with Gasteiger partial charge >= 0.3 is 5.97 Å². The van der Waals surface area contributed by atoms with Crippen molar-refractivity contribution in [3.05, 3.63) is 60.8 Å². The van der Waals surface area contributed by atoms with Crippen molar-refractivity contribution >= 4 is 5.97 Å². The minimum atomic E-state index is -1.09. The zero-order valence-corrected chi connectivity index (χ0v) is 17.4. The summed E-state index contributed by atoms with van der Waals surface area (Å²) in [6.07, 6.45) is 29.9. The van der Waals surface area contributed by atoms with E-state index in [0.717, 1.165) is 51.4 Å². The molecule has 0 aliphatic heterocycles. The van der Waals surface area contributed by atoms with Gasteiger partial charge in [0.2, 0.25) is 0 Å². The van der Waals surface area contributed by atoms with Gasteiger partial charge in [0, 0.05) is 6.61 Å². The number of carbonyl (C=O) groups is 1. The molecule has 0 fully saturated rings. The molecule has 0 atom stereocenters. The Labute approximate surface area is 166 Å². The highest BCUT2D eigenvalue weighted by molar-refractivity contribution is 5.76. The minimum absolute atomic E-state index is 0.490. The molecular formula is C24H38O3. The highest BCUT2D eigenvalue weighted by Gasteiger charge is 2.27. The van der Waals surface area contributed by atoms with Crippen molar-refractivity contribution in [3.8, 4) is 0 Å². The Morgan fingerprint density at radius 3 is 1.67 bits per heavy atom. The van der Waals surface area contributed by atoms with Crippen LogP contribution in [-0.2, 0) is 9.53 Å². The van der Waals surface area contributed by atoms with Crippen LogP contribution in [0.2, 0.25) is 0 Å². The number of ether oxygens (including phenoxy) is 1. The third kappa shape index (κ3) is 17.3. The van der Waals surface area contributed by atoms with Crippen molar-refractivity contribution in [1.82, 2.24) is 0 Å². The molecule has 0 saturated heterocycles. The van der Waals surface area contributed by atoms with Gasteiger partial charge in [-0.1, -0.05) is 67.7 Å². The highest BCUT2D eigenvalue weighted by Crippen LogP contribution is 2.10. The summed E-state index contributed by atoms with van der Waals surface area (Å²) >= 11 is 0. The predicted molar refractivity (Wildman–Crippen MR) is 116 cm³/mol. The maximum atomic E-state index is 10.9. The third-order valence-electron chi connectivity index (χ3n) is 3.90. The van der Waals surface area contributed by atoms with E-state index in [1.165, 1.54) is 0 Å². The second kappa shape index (κ2) is 17.5. The fraction of sp³-hybridized carbons (Fsp3) is 0.542. The first-order valence-electron chi connectivity index (χ1n) is 10.1. The van der Waals surface area contributed by atoms with Gasteiger partial charge in [-0.15, -0.1) is 0 Å². The Bertz CT molecular complexity index is 508. The summed E-state index contributed by atoms with van der Waals surface area (Å²) in [5.74, 6) is -0.916. The van der Waals surface area contributed by atoms with Crippen molar-refractivity contribution in [2.45, 2.75) is 77.7 Å². The Balaban J connectivity index is 3.54. The van der Waals surface area contributed by atoms with E-state index < -0.39 is 11.6 Å². The lowest BCUT2D eigenvalue weighted by Crippen LogP contribution is -2.34. The van der Waals surface area contributed by atoms with E-state index in [0.29, 0.717) is 6.61 Å². The molecule has 0 aromatic carbocycles. The summed E-state index contributed by atoms with van der Waals surface area (Å²) in [4.78, 5) is 10.9. The average molecular weight is 375 g/mol. The summed E-state index contributed by atoms with van der Waals surface area (Å²) in [5, 5.41) is 8.94. The number of allylic oxidation sites excluding steroid dienone is 10. The van der Waals surface area contributed by atoms with Crippen LogP contribution in [0.25, 0.3) is 0 Å². The summed E-state index contributed by atoms with van der Waals surface area (Å²) < 4.78 is 5.37. The quantitative estimate of drug-likeness (QED) is 0.239. The summed E-state index contributed by atoms with van der Waals surface area (Å²) in [6, 6.07) is 0. The molecule has 1 N–H and O–H groups in total. The molecule has 152 valence electrons. The van der Waals surface area contributed by atoms with E-state index in [1.54, 1.807) is 13.8 Å². The maximum Gasteiger partial charge on any atom is 0.335 e. The van der Waals surface area contributed by atoms with Crippen LogP contribution in [0, 0.1) is 0 Å². The lowest BCUT2D eigenvalue weighted by molar-refractivity contribution is -0.161. The van der Waals surface area contributed by atoms with Gasteiger partial charge in [-0.25, -0.2) is 4.79 Å². The first kappa shape index (κ1) is 25.1. The van der Waals surface area contributed by atoms with E-state index in [2.05, 4.69) is 67.7 Å². The van der Waals surface area contributed by atoms with E-state index in [-0.39, 0.29) is 0 Å². The van der Waals surface area contributed by atoms with Crippen molar-refractivity contribution in [3.63, 3.8) is 0 Å². The molecule has 0 heterocycles. The number of carboxylic acids is 1. The van der Waals surface area contributed by atoms with Crippen LogP contribution in [-0.4, -0.2) is 23.3 Å². The molecule has 0 aliphatic carbocycles. The molecule has 0 saturated carbocycles. The Morgan fingerprint density at radius 2 is 1.22 bits per heavy atom. The van der Waals surface area contributed by atoms with Gasteiger partial charge < -0.3 is 9.84 Å². The molecule has 0 amide bonds. The van der Waals surface area contributed by atoms with Gasteiger partial charge in [-0.2, -0.15) is 0 Å². The monoisotopic (exact) mass is 374 g/mol. The third-order valence-corrected chi connectivity index (χ3v) is 3.90. The molecule has 0 bridgehead atoms. The lowest BCUT2D eigenvalue weighted by Gasteiger charge is -2.19. The second-order valence-electron chi connectivity index (χ2n) is 6.87. The maximum absolute atomic E-state index is 10.9. The van der Waals surface area contributed by atoms with Crippen molar-refractivity contribution < 1.29 is 14.6 Å². The van der Waals surface area contributed by atoms with Crippen molar-refractivity contribution in [1.29, 1.82) is 0 Å². The summed E-state index contributed by atoms with van der Waals surface area (Å²) in [7, 11) is 0. The standard InChI is InChI=1S/C24H38O3/c1-4-5-6-7-8-9-10-11-12-13-14-15-16-17-18-19-20-21-22-27-24(2,3)23(25)26/h5-6,8-9,11-12,14-15,17-18H,4,7,10,13,16,19-22H2,1-3H3,(H,25,26)/b6-5-,9-8-,12-11?,15-14-,18-17-. The first-order chi connectivity index (χ1) is 13.0. The largest absolute Gasteiger partial charge is 0.479 e. The molecule has 0 rings (SSSR count).